The van der Waals surface area contributed by atoms with Crippen molar-refractivity contribution in [3.63, 3.8) is 0 Å². The second-order valence-corrected chi connectivity index (χ2v) is 8.67. The first kappa shape index (κ1) is 19.1. The number of carbonyl (C=O) groups excluding carboxylic acids is 1. The molecular formula is C21H27N3O3. The number of benzene rings is 1. The van der Waals surface area contributed by atoms with E-state index in [4.69, 9.17) is 8.94 Å². The maximum Gasteiger partial charge on any atom is 0.232 e. The smallest absolute Gasteiger partial charge is 0.232 e. The Hall–Kier alpha value is -2.63. The number of aromatic nitrogens is 2. The van der Waals surface area contributed by atoms with E-state index in [9.17, 15) is 4.79 Å². The highest BCUT2D eigenvalue weighted by molar-refractivity contribution is 5.89. The zero-order valence-electron chi connectivity index (χ0n) is 17.1. The van der Waals surface area contributed by atoms with Gasteiger partial charge in [-0.1, -0.05) is 38.1 Å². The molecule has 1 N–H and O–H groups in total. The van der Waals surface area contributed by atoms with Crippen LogP contribution >= 0.6 is 0 Å². The highest BCUT2D eigenvalue weighted by Gasteiger charge is 2.31. The highest BCUT2D eigenvalue weighted by Crippen LogP contribution is 2.27. The lowest BCUT2D eigenvalue weighted by Gasteiger charge is -2.22. The fraction of sp³-hybridized carbons (Fsp3) is 0.476. The standard InChI is InChI=1S/C21H27N3O3/c1-12-8-9-15-14(11-26-17(15)13(12)2)10-16(25)23-21(6,7)18-22-19(27-24-18)20(3,4)5/h8-9,11H,10H2,1-7H3,(H,23,25). The van der Waals surface area contributed by atoms with Crippen molar-refractivity contribution in [2.75, 3.05) is 0 Å². The molecule has 0 unspecified atom stereocenters. The van der Waals surface area contributed by atoms with Gasteiger partial charge in [0.25, 0.3) is 0 Å². The molecule has 0 spiro atoms. The van der Waals surface area contributed by atoms with Crippen LogP contribution in [-0.4, -0.2) is 16.0 Å². The number of carbonyl (C=O) groups is 1. The first-order chi connectivity index (χ1) is 12.5. The molecule has 3 rings (SSSR count). The average Bonchev–Trinajstić information content (AvgIpc) is 3.18. The SMILES string of the molecule is Cc1ccc2c(CC(=O)NC(C)(C)c3noc(C(C)(C)C)n3)coc2c1C. The van der Waals surface area contributed by atoms with Crippen LogP contribution in [0.2, 0.25) is 0 Å². The molecule has 0 fully saturated rings. The van der Waals surface area contributed by atoms with Crippen molar-refractivity contribution < 1.29 is 13.7 Å². The van der Waals surface area contributed by atoms with E-state index in [1.165, 1.54) is 5.56 Å². The fourth-order valence-electron chi connectivity index (χ4n) is 2.93. The molecule has 2 aromatic heterocycles. The molecule has 0 aliphatic heterocycles. The van der Waals surface area contributed by atoms with E-state index >= 15 is 0 Å². The van der Waals surface area contributed by atoms with Gasteiger partial charge in [-0.25, -0.2) is 0 Å². The van der Waals surface area contributed by atoms with Crippen molar-refractivity contribution in [2.45, 2.75) is 65.8 Å². The summed E-state index contributed by atoms with van der Waals surface area (Å²) in [5, 5.41) is 8.03. The van der Waals surface area contributed by atoms with Gasteiger partial charge in [-0.3, -0.25) is 4.79 Å². The van der Waals surface area contributed by atoms with Crippen LogP contribution in [0.15, 0.2) is 27.3 Å². The lowest BCUT2D eigenvalue weighted by atomic mass is 9.96. The summed E-state index contributed by atoms with van der Waals surface area (Å²) in [5.41, 5.74) is 2.99. The topological polar surface area (TPSA) is 81.2 Å². The number of rotatable bonds is 4. The molecule has 6 nitrogen and oxygen atoms in total. The normalized spacial score (nSPS) is 12.6. The zero-order chi connectivity index (χ0) is 20.0. The van der Waals surface area contributed by atoms with Crippen LogP contribution in [0.1, 0.15) is 63.0 Å². The predicted octanol–water partition coefficient (Wildman–Crippen LogP) is 4.32. The monoisotopic (exact) mass is 369 g/mol. The summed E-state index contributed by atoms with van der Waals surface area (Å²) in [5.74, 6) is 0.888. The van der Waals surface area contributed by atoms with E-state index in [0.29, 0.717) is 11.7 Å². The third-order valence-electron chi connectivity index (χ3n) is 4.77. The maximum atomic E-state index is 12.7. The van der Waals surface area contributed by atoms with Gasteiger partial charge in [-0.15, -0.1) is 0 Å². The third kappa shape index (κ3) is 3.75. The quantitative estimate of drug-likeness (QED) is 0.740. The largest absolute Gasteiger partial charge is 0.464 e. The fourth-order valence-corrected chi connectivity index (χ4v) is 2.93. The third-order valence-corrected chi connectivity index (χ3v) is 4.77. The highest BCUT2D eigenvalue weighted by atomic mass is 16.5. The number of furan rings is 1. The van der Waals surface area contributed by atoms with Gasteiger partial charge in [0.2, 0.25) is 11.8 Å². The van der Waals surface area contributed by atoms with Crippen LogP contribution in [0.25, 0.3) is 11.0 Å². The van der Waals surface area contributed by atoms with Gasteiger partial charge in [0.05, 0.1) is 18.2 Å². The Labute approximate surface area is 159 Å². The Morgan fingerprint density at radius 3 is 2.48 bits per heavy atom. The summed E-state index contributed by atoms with van der Waals surface area (Å²) in [6.45, 7) is 13.8. The van der Waals surface area contributed by atoms with Gasteiger partial charge < -0.3 is 14.3 Å². The van der Waals surface area contributed by atoms with E-state index in [2.05, 4.69) is 15.5 Å². The lowest BCUT2D eigenvalue weighted by Crippen LogP contribution is -2.42. The van der Waals surface area contributed by atoms with Gasteiger partial charge in [-0.2, -0.15) is 4.98 Å². The Morgan fingerprint density at radius 1 is 1.15 bits per heavy atom. The minimum absolute atomic E-state index is 0.122. The van der Waals surface area contributed by atoms with Gasteiger partial charge in [0, 0.05) is 16.4 Å². The van der Waals surface area contributed by atoms with Crippen molar-refractivity contribution in [3.8, 4) is 0 Å². The van der Waals surface area contributed by atoms with Crippen molar-refractivity contribution in [3.05, 3.63) is 46.8 Å². The zero-order valence-corrected chi connectivity index (χ0v) is 17.1. The van der Waals surface area contributed by atoms with Crippen LogP contribution in [0, 0.1) is 13.8 Å². The molecule has 0 aliphatic carbocycles. The van der Waals surface area contributed by atoms with Crippen molar-refractivity contribution in [2.24, 2.45) is 0 Å². The summed E-state index contributed by atoms with van der Waals surface area (Å²) >= 11 is 0. The molecule has 2 heterocycles. The van der Waals surface area contributed by atoms with Crippen molar-refractivity contribution in [1.82, 2.24) is 15.5 Å². The number of aryl methyl sites for hydroxylation is 2. The molecule has 0 saturated carbocycles. The summed E-state index contributed by atoms with van der Waals surface area (Å²) in [6.07, 6.45) is 1.89. The van der Waals surface area contributed by atoms with Crippen molar-refractivity contribution >= 4 is 16.9 Å². The molecular weight excluding hydrogens is 342 g/mol. The van der Waals surface area contributed by atoms with Gasteiger partial charge >= 0.3 is 0 Å². The summed E-state index contributed by atoms with van der Waals surface area (Å²) < 4.78 is 11.1. The Morgan fingerprint density at radius 2 is 1.85 bits per heavy atom. The Balaban J connectivity index is 1.77. The van der Waals surface area contributed by atoms with Gasteiger partial charge in [0.15, 0.2) is 5.82 Å². The number of amides is 1. The second kappa shape index (κ2) is 6.51. The number of hydrogen-bond acceptors (Lipinski definition) is 5. The van der Waals surface area contributed by atoms with Crippen LogP contribution < -0.4 is 5.32 Å². The van der Waals surface area contributed by atoms with Gasteiger partial charge in [-0.05, 0) is 38.8 Å². The van der Waals surface area contributed by atoms with E-state index < -0.39 is 5.54 Å². The molecule has 3 aromatic rings. The van der Waals surface area contributed by atoms with Crippen LogP contribution in [0.4, 0.5) is 0 Å². The number of hydrogen-bond donors (Lipinski definition) is 1. The van der Waals surface area contributed by atoms with E-state index in [0.717, 1.165) is 22.1 Å². The van der Waals surface area contributed by atoms with Crippen LogP contribution in [0.3, 0.4) is 0 Å². The molecule has 6 heteroatoms. The average molecular weight is 369 g/mol. The second-order valence-electron chi connectivity index (χ2n) is 8.67. The lowest BCUT2D eigenvalue weighted by molar-refractivity contribution is -0.122. The Kier molecular flexibility index (Phi) is 4.62. The first-order valence-corrected chi connectivity index (χ1v) is 9.11. The molecule has 1 aromatic carbocycles. The van der Waals surface area contributed by atoms with E-state index in [1.807, 2.05) is 60.6 Å². The molecule has 0 aliphatic rings. The van der Waals surface area contributed by atoms with Crippen molar-refractivity contribution in [1.29, 1.82) is 0 Å². The molecule has 0 radical (unpaired) electrons. The summed E-state index contributed by atoms with van der Waals surface area (Å²) in [6, 6.07) is 4.05. The first-order valence-electron chi connectivity index (χ1n) is 9.11. The van der Waals surface area contributed by atoms with Crippen LogP contribution in [0.5, 0.6) is 0 Å². The predicted molar refractivity (Wildman–Crippen MR) is 104 cm³/mol. The Bertz CT molecular complexity index is 990. The minimum atomic E-state index is -0.740. The molecule has 0 bridgehead atoms. The molecule has 27 heavy (non-hydrogen) atoms. The molecule has 0 atom stereocenters. The van der Waals surface area contributed by atoms with Gasteiger partial charge in [0.1, 0.15) is 5.58 Å². The summed E-state index contributed by atoms with van der Waals surface area (Å²) in [4.78, 5) is 17.1. The van der Waals surface area contributed by atoms with E-state index in [-0.39, 0.29) is 17.7 Å². The number of nitrogens with zero attached hydrogens (tertiary/aromatic N) is 2. The summed E-state index contributed by atoms with van der Waals surface area (Å²) in [7, 11) is 0. The van der Waals surface area contributed by atoms with E-state index in [1.54, 1.807) is 6.26 Å². The van der Waals surface area contributed by atoms with Crippen LogP contribution in [-0.2, 0) is 22.2 Å². The maximum absolute atomic E-state index is 12.7. The molecule has 0 saturated heterocycles. The number of fused-ring (bicyclic) bond motifs is 1. The minimum Gasteiger partial charge on any atom is -0.464 e. The molecule has 1 amide bonds. The molecule has 144 valence electrons. The number of nitrogens with one attached hydrogen (secondary N) is 1.